The minimum atomic E-state index is 0.141. The van der Waals surface area contributed by atoms with Crippen LogP contribution in [0.5, 0.6) is 0 Å². The second-order valence-corrected chi connectivity index (χ2v) is 7.99. The van der Waals surface area contributed by atoms with Crippen LogP contribution >= 0.6 is 11.3 Å². The van der Waals surface area contributed by atoms with E-state index in [1.54, 1.807) is 11.3 Å². The number of benzene rings is 1. The molecule has 0 saturated carbocycles. The Balaban J connectivity index is 1.74. The van der Waals surface area contributed by atoms with E-state index < -0.39 is 0 Å². The summed E-state index contributed by atoms with van der Waals surface area (Å²) in [6, 6.07) is 8.42. The van der Waals surface area contributed by atoms with Gasteiger partial charge in [0, 0.05) is 30.1 Å². The number of aryl methyl sites for hydroxylation is 1. The summed E-state index contributed by atoms with van der Waals surface area (Å²) in [5.41, 5.74) is 11.4. The van der Waals surface area contributed by atoms with Gasteiger partial charge in [0.25, 0.3) is 5.01 Å². The van der Waals surface area contributed by atoms with Crippen molar-refractivity contribution >= 4 is 27.6 Å². The van der Waals surface area contributed by atoms with Crippen molar-refractivity contribution in [1.29, 1.82) is 0 Å². The molecule has 3 nitrogen and oxygen atoms in total. The average Bonchev–Trinajstić information content (AvgIpc) is 2.99. The number of aromatic nitrogens is 1. The van der Waals surface area contributed by atoms with Gasteiger partial charge in [-0.15, -0.1) is 0 Å². The van der Waals surface area contributed by atoms with Gasteiger partial charge in [-0.1, -0.05) is 47.9 Å². The predicted octanol–water partition coefficient (Wildman–Crippen LogP) is 4.09. The number of allylic oxidation sites excluding steroid dienone is 5. The summed E-state index contributed by atoms with van der Waals surface area (Å²) in [7, 11) is 2.08. The summed E-state index contributed by atoms with van der Waals surface area (Å²) < 4.78 is 3.46. The fourth-order valence-electron chi connectivity index (χ4n) is 3.56. The molecule has 136 valence electrons. The molecule has 1 aliphatic carbocycles. The third-order valence-corrected chi connectivity index (χ3v) is 6.15. The smallest absolute Gasteiger partial charge is 0.270 e. The molecule has 0 radical (unpaired) electrons. The molecule has 0 spiro atoms. The van der Waals surface area contributed by atoms with Gasteiger partial charge < -0.3 is 10.0 Å². The van der Waals surface area contributed by atoms with E-state index in [0.717, 1.165) is 17.0 Å². The van der Waals surface area contributed by atoms with E-state index in [1.807, 2.05) is 12.3 Å². The Morgan fingerprint density at radius 1 is 1.33 bits per heavy atom. The summed E-state index contributed by atoms with van der Waals surface area (Å²) in [4.78, 5) is 2.11. The standard InChI is InChI=1S/C23H23N2OS/c1-17-10-11-20-19(16-17)18(12-13-25(20)14-15-26)6-5-9-23-24(2)21-7-3-4-8-22(21)27-23/h3-4,7-13,17,26H,14-16H2,1-2H3/q+1. The minimum Gasteiger partial charge on any atom is -0.395 e. The normalized spacial score (nSPS) is 18.6. The Morgan fingerprint density at radius 3 is 3.00 bits per heavy atom. The summed E-state index contributed by atoms with van der Waals surface area (Å²) in [6.45, 7) is 2.98. The lowest BCUT2D eigenvalue weighted by molar-refractivity contribution is -0.642. The molecule has 1 aliphatic heterocycles. The number of aliphatic hydroxyl groups excluding tert-OH is 1. The molecule has 2 aromatic rings. The highest BCUT2D eigenvalue weighted by atomic mass is 32.1. The van der Waals surface area contributed by atoms with E-state index in [-0.39, 0.29) is 6.61 Å². The van der Waals surface area contributed by atoms with Gasteiger partial charge in [0.1, 0.15) is 11.7 Å². The van der Waals surface area contributed by atoms with E-state index in [2.05, 4.69) is 77.4 Å². The summed E-state index contributed by atoms with van der Waals surface area (Å²) in [5.74, 6) is 0.507. The third kappa shape index (κ3) is 3.49. The van der Waals surface area contributed by atoms with Gasteiger partial charge in [0.2, 0.25) is 5.52 Å². The topological polar surface area (TPSA) is 27.4 Å². The number of rotatable bonds is 3. The van der Waals surface area contributed by atoms with Gasteiger partial charge in [-0.3, -0.25) is 0 Å². The van der Waals surface area contributed by atoms with Gasteiger partial charge in [0.15, 0.2) is 0 Å². The molecule has 1 atom stereocenters. The Hall–Kier alpha value is -2.61. The number of β-amino-alcohol motifs (C(OH)–C–C–N with tert-alkyl or cyclic N) is 1. The third-order valence-electron chi connectivity index (χ3n) is 4.99. The fourth-order valence-corrected chi connectivity index (χ4v) is 4.59. The Morgan fingerprint density at radius 2 is 2.19 bits per heavy atom. The lowest BCUT2D eigenvalue weighted by atomic mass is 9.87. The summed E-state index contributed by atoms with van der Waals surface area (Å²) in [5, 5.41) is 10.5. The average molecular weight is 376 g/mol. The highest BCUT2D eigenvalue weighted by Gasteiger charge is 2.22. The molecule has 0 saturated heterocycles. The minimum absolute atomic E-state index is 0.141. The molecule has 1 aromatic carbocycles. The maximum atomic E-state index is 9.32. The van der Waals surface area contributed by atoms with E-state index in [4.69, 9.17) is 0 Å². The van der Waals surface area contributed by atoms with Crippen molar-refractivity contribution in [2.45, 2.75) is 13.3 Å². The molecular formula is C23H23N2OS+. The number of thiazole rings is 1. The summed E-state index contributed by atoms with van der Waals surface area (Å²) >= 11 is 1.76. The number of nitrogens with zero attached hydrogens (tertiary/aromatic N) is 2. The Kier molecular flexibility index (Phi) is 4.98. The number of aliphatic hydroxyl groups is 1. The number of hydrogen-bond donors (Lipinski definition) is 1. The molecule has 4 rings (SSSR count). The van der Waals surface area contributed by atoms with Crippen molar-refractivity contribution in [2.75, 3.05) is 13.2 Å². The molecule has 2 heterocycles. The van der Waals surface area contributed by atoms with Crippen LogP contribution in [0.1, 0.15) is 18.4 Å². The zero-order valence-corrected chi connectivity index (χ0v) is 16.5. The Bertz CT molecular complexity index is 1070. The van der Waals surface area contributed by atoms with Crippen molar-refractivity contribution in [2.24, 2.45) is 13.0 Å². The van der Waals surface area contributed by atoms with Gasteiger partial charge in [0.05, 0.1) is 12.7 Å². The molecule has 0 bridgehead atoms. The van der Waals surface area contributed by atoms with Crippen LogP contribution in [-0.2, 0) is 7.05 Å². The van der Waals surface area contributed by atoms with E-state index >= 15 is 0 Å². The SMILES string of the molecule is CC1C=CC2=C(C1)C(=C=C=Cc1sc3ccccc3[n+]1C)C=CN2CCO. The lowest BCUT2D eigenvalue weighted by Crippen LogP contribution is -2.28. The van der Waals surface area contributed by atoms with Crippen LogP contribution in [0.25, 0.3) is 16.3 Å². The van der Waals surface area contributed by atoms with Crippen LogP contribution in [0.15, 0.2) is 77.0 Å². The zero-order chi connectivity index (χ0) is 18.8. The molecule has 0 fully saturated rings. The van der Waals surface area contributed by atoms with Crippen LogP contribution in [0.3, 0.4) is 0 Å². The van der Waals surface area contributed by atoms with Crippen LogP contribution in [0, 0.1) is 5.92 Å². The van der Waals surface area contributed by atoms with E-state index in [1.165, 1.54) is 21.5 Å². The molecule has 1 N–H and O–H groups in total. The van der Waals surface area contributed by atoms with Crippen molar-refractivity contribution in [3.8, 4) is 0 Å². The van der Waals surface area contributed by atoms with Crippen molar-refractivity contribution < 1.29 is 9.67 Å². The maximum Gasteiger partial charge on any atom is 0.270 e. The first kappa shape index (κ1) is 17.8. The largest absolute Gasteiger partial charge is 0.395 e. The van der Waals surface area contributed by atoms with E-state index in [9.17, 15) is 5.11 Å². The first-order chi connectivity index (χ1) is 13.2. The van der Waals surface area contributed by atoms with Crippen LogP contribution in [-0.4, -0.2) is 23.2 Å². The Labute approximate surface area is 163 Å². The molecule has 4 heteroatoms. The highest BCUT2D eigenvalue weighted by molar-refractivity contribution is 7.18. The number of fused-ring (bicyclic) bond motifs is 1. The first-order valence-corrected chi connectivity index (χ1v) is 10.1. The quantitative estimate of drug-likeness (QED) is 0.646. The second kappa shape index (κ2) is 7.56. The first-order valence-electron chi connectivity index (χ1n) is 9.24. The van der Waals surface area contributed by atoms with Gasteiger partial charge in [-0.05, 0) is 36.1 Å². The number of para-hydroxylation sites is 1. The molecule has 2 aliphatic rings. The van der Waals surface area contributed by atoms with Gasteiger partial charge >= 0.3 is 0 Å². The summed E-state index contributed by atoms with van der Waals surface area (Å²) in [6.07, 6.45) is 11.5. The van der Waals surface area contributed by atoms with Crippen LogP contribution < -0.4 is 4.57 Å². The number of hydrogen-bond acceptors (Lipinski definition) is 3. The molecule has 1 aromatic heterocycles. The zero-order valence-electron chi connectivity index (χ0n) is 15.6. The lowest BCUT2D eigenvalue weighted by Gasteiger charge is -2.31. The molecule has 0 amide bonds. The van der Waals surface area contributed by atoms with Crippen LogP contribution in [0.4, 0.5) is 0 Å². The monoisotopic (exact) mass is 375 g/mol. The molecular weight excluding hydrogens is 352 g/mol. The van der Waals surface area contributed by atoms with Crippen LogP contribution in [0.2, 0.25) is 0 Å². The van der Waals surface area contributed by atoms with Crippen molar-refractivity contribution in [1.82, 2.24) is 4.90 Å². The maximum absolute atomic E-state index is 9.32. The fraction of sp³-hybridized carbons (Fsp3) is 0.261. The van der Waals surface area contributed by atoms with Gasteiger partial charge in [-0.25, -0.2) is 0 Å². The predicted molar refractivity (Wildman–Crippen MR) is 111 cm³/mol. The molecule has 1 unspecified atom stereocenters. The highest BCUT2D eigenvalue weighted by Crippen LogP contribution is 2.34. The molecule has 27 heavy (non-hydrogen) atoms. The van der Waals surface area contributed by atoms with E-state index in [0.29, 0.717) is 12.5 Å². The van der Waals surface area contributed by atoms with Gasteiger partial charge in [-0.2, -0.15) is 4.57 Å². The second-order valence-electron chi connectivity index (χ2n) is 6.93. The van der Waals surface area contributed by atoms with Crippen molar-refractivity contribution in [3.63, 3.8) is 0 Å². The van der Waals surface area contributed by atoms with Crippen molar-refractivity contribution in [3.05, 3.63) is 82.0 Å².